The first kappa shape index (κ1) is 13.2. The molecule has 0 amide bonds. The van der Waals surface area contributed by atoms with E-state index in [1.165, 1.54) is 6.92 Å². The van der Waals surface area contributed by atoms with Crippen LogP contribution in [-0.2, 0) is 5.67 Å². The Labute approximate surface area is 114 Å². The second-order valence-corrected chi connectivity index (χ2v) is 5.36. The van der Waals surface area contributed by atoms with E-state index in [9.17, 15) is 4.39 Å². The van der Waals surface area contributed by atoms with E-state index in [4.69, 9.17) is 5.11 Å². The zero-order chi connectivity index (χ0) is 13.2. The molecule has 0 aliphatic carbocycles. The minimum absolute atomic E-state index is 0.492. The van der Waals surface area contributed by atoms with Crippen LogP contribution >= 0.6 is 15.9 Å². The number of aliphatic hydroxyl groups is 1. The van der Waals surface area contributed by atoms with Gasteiger partial charge in [0.25, 0.3) is 0 Å². The molecule has 1 N–H and O–H groups in total. The number of hydrogen-bond donors (Lipinski definition) is 1. The topological polar surface area (TPSA) is 20.2 Å². The largest absolute Gasteiger partial charge is 0.393 e. The van der Waals surface area contributed by atoms with Gasteiger partial charge in [-0.15, -0.1) is 0 Å². The van der Waals surface area contributed by atoms with Crippen LogP contribution in [0.1, 0.15) is 12.5 Å². The van der Waals surface area contributed by atoms with Gasteiger partial charge < -0.3 is 5.11 Å². The molecule has 1 unspecified atom stereocenters. The Bertz CT molecular complexity index is 517. The highest BCUT2D eigenvalue weighted by Crippen LogP contribution is 2.28. The van der Waals surface area contributed by atoms with Gasteiger partial charge in [-0.05, 0) is 35.7 Å². The van der Waals surface area contributed by atoms with E-state index >= 15 is 0 Å². The molecule has 0 aromatic heterocycles. The van der Waals surface area contributed by atoms with E-state index in [0.29, 0.717) is 5.56 Å². The Morgan fingerprint density at radius 2 is 1.44 bits per heavy atom. The van der Waals surface area contributed by atoms with Gasteiger partial charge >= 0.3 is 0 Å². The second-order valence-electron chi connectivity index (χ2n) is 4.44. The van der Waals surface area contributed by atoms with Crippen molar-refractivity contribution in [3.63, 3.8) is 0 Å². The summed E-state index contributed by atoms with van der Waals surface area (Å²) < 4.78 is 14.9. The van der Waals surface area contributed by atoms with Gasteiger partial charge in [-0.25, -0.2) is 4.39 Å². The third-order valence-corrected chi connectivity index (χ3v) is 3.49. The Morgan fingerprint density at radius 1 is 1.00 bits per heavy atom. The first-order valence-electron chi connectivity index (χ1n) is 5.69. The molecule has 1 atom stereocenters. The van der Waals surface area contributed by atoms with E-state index in [2.05, 4.69) is 15.9 Å². The van der Waals surface area contributed by atoms with Crippen molar-refractivity contribution < 1.29 is 9.50 Å². The quantitative estimate of drug-likeness (QED) is 0.896. The molecular formula is C15H14BrFO. The van der Waals surface area contributed by atoms with Gasteiger partial charge in [-0.2, -0.15) is 0 Å². The van der Waals surface area contributed by atoms with Crippen LogP contribution < -0.4 is 0 Å². The first-order valence-corrected chi connectivity index (χ1v) is 6.48. The van der Waals surface area contributed by atoms with E-state index < -0.39 is 12.3 Å². The van der Waals surface area contributed by atoms with Crippen LogP contribution in [0.25, 0.3) is 11.1 Å². The van der Waals surface area contributed by atoms with Crippen LogP contribution in [0.5, 0.6) is 0 Å². The normalized spacial score (nSPS) is 14.2. The smallest absolute Gasteiger partial charge is 0.156 e. The minimum Gasteiger partial charge on any atom is -0.393 e. The lowest BCUT2D eigenvalue weighted by molar-refractivity contribution is 0.0868. The summed E-state index contributed by atoms with van der Waals surface area (Å²) in [5.41, 5.74) is 0.915. The molecule has 1 nitrogen and oxygen atoms in total. The number of halogens is 2. The number of aliphatic hydroxyl groups excluding tert-OH is 1. The fourth-order valence-electron chi connectivity index (χ4n) is 1.74. The predicted molar refractivity (Wildman–Crippen MR) is 75.1 cm³/mol. The maximum atomic E-state index is 13.9. The fourth-order valence-corrected chi connectivity index (χ4v) is 2.01. The van der Waals surface area contributed by atoms with Crippen molar-refractivity contribution in [2.45, 2.75) is 12.6 Å². The van der Waals surface area contributed by atoms with Crippen LogP contribution in [-0.4, -0.2) is 11.7 Å². The maximum Gasteiger partial charge on any atom is 0.156 e. The SMILES string of the molecule is CC(F)(CO)c1ccc(-c2ccc(Br)cc2)cc1. The van der Waals surface area contributed by atoms with E-state index in [-0.39, 0.29) is 0 Å². The van der Waals surface area contributed by atoms with Crippen LogP contribution in [0, 0.1) is 0 Å². The Morgan fingerprint density at radius 3 is 1.89 bits per heavy atom. The van der Waals surface area contributed by atoms with Gasteiger partial charge in [0.15, 0.2) is 5.67 Å². The molecule has 3 heteroatoms. The highest BCUT2D eigenvalue weighted by Gasteiger charge is 2.24. The number of alkyl halides is 1. The summed E-state index contributed by atoms with van der Waals surface area (Å²) in [6.45, 7) is 0.867. The van der Waals surface area contributed by atoms with Crippen molar-refractivity contribution in [1.29, 1.82) is 0 Å². The molecule has 18 heavy (non-hydrogen) atoms. The van der Waals surface area contributed by atoms with Crippen LogP contribution in [0.15, 0.2) is 53.0 Å². The van der Waals surface area contributed by atoms with Crippen molar-refractivity contribution >= 4 is 15.9 Å². The lowest BCUT2D eigenvalue weighted by Crippen LogP contribution is -2.19. The van der Waals surface area contributed by atoms with Crippen molar-refractivity contribution in [1.82, 2.24) is 0 Å². The number of hydrogen-bond acceptors (Lipinski definition) is 1. The van der Waals surface area contributed by atoms with Crippen molar-refractivity contribution in [2.24, 2.45) is 0 Å². The summed E-state index contributed by atoms with van der Waals surface area (Å²) >= 11 is 3.39. The van der Waals surface area contributed by atoms with E-state index in [1.54, 1.807) is 12.1 Å². The molecule has 0 spiro atoms. The summed E-state index contributed by atoms with van der Waals surface area (Å²) in [4.78, 5) is 0. The molecule has 2 aromatic carbocycles. The minimum atomic E-state index is -1.68. The summed E-state index contributed by atoms with van der Waals surface area (Å²) in [5, 5.41) is 8.98. The zero-order valence-corrected chi connectivity index (χ0v) is 11.6. The third kappa shape index (κ3) is 2.79. The first-order chi connectivity index (χ1) is 8.53. The lowest BCUT2D eigenvalue weighted by Gasteiger charge is -2.18. The molecule has 0 heterocycles. The summed E-state index contributed by atoms with van der Waals surface area (Å²) in [7, 11) is 0. The molecule has 0 aliphatic heterocycles. The summed E-state index contributed by atoms with van der Waals surface area (Å²) in [6.07, 6.45) is 0. The Kier molecular flexibility index (Phi) is 3.83. The van der Waals surface area contributed by atoms with E-state index in [1.807, 2.05) is 36.4 Å². The van der Waals surface area contributed by atoms with Gasteiger partial charge in [-0.3, -0.25) is 0 Å². The number of benzene rings is 2. The van der Waals surface area contributed by atoms with Gasteiger partial charge in [0.1, 0.15) is 0 Å². The highest BCUT2D eigenvalue weighted by molar-refractivity contribution is 9.10. The molecule has 0 saturated carbocycles. The van der Waals surface area contributed by atoms with Crippen LogP contribution in [0.4, 0.5) is 4.39 Å². The van der Waals surface area contributed by atoms with Crippen molar-refractivity contribution in [3.05, 3.63) is 58.6 Å². The average molecular weight is 309 g/mol. The summed E-state index contributed by atoms with van der Waals surface area (Å²) in [5.74, 6) is 0. The van der Waals surface area contributed by atoms with E-state index in [0.717, 1.165) is 15.6 Å². The van der Waals surface area contributed by atoms with Gasteiger partial charge in [0.2, 0.25) is 0 Å². The molecule has 0 saturated heterocycles. The third-order valence-electron chi connectivity index (χ3n) is 2.96. The molecule has 0 aliphatic rings. The van der Waals surface area contributed by atoms with Crippen molar-refractivity contribution in [2.75, 3.05) is 6.61 Å². The lowest BCUT2D eigenvalue weighted by atomic mass is 9.96. The number of rotatable bonds is 3. The van der Waals surface area contributed by atoms with Gasteiger partial charge in [-0.1, -0.05) is 52.3 Å². The predicted octanol–water partition coefficient (Wildman–Crippen LogP) is 4.29. The zero-order valence-electron chi connectivity index (χ0n) is 10.0. The Hall–Kier alpha value is -1.19. The molecule has 0 bridgehead atoms. The molecule has 94 valence electrons. The maximum absolute atomic E-state index is 13.9. The van der Waals surface area contributed by atoms with Gasteiger partial charge in [0.05, 0.1) is 6.61 Å². The van der Waals surface area contributed by atoms with Crippen LogP contribution in [0.2, 0.25) is 0 Å². The Balaban J connectivity index is 2.30. The standard InChI is InChI=1S/C15H14BrFO/c1-15(17,10-18)13-6-2-11(3-7-13)12-4-8-14(16)9-5-12/h2-9,18H,10H2,1H3. The monoisotopic (exact) mass is 308 g/mol. The molecule has 2 rings (SSSR count). The van der Waals surface area contributed by atoms with Gasteiger partial charge in [0, 0.05) is 4.47 Å². The van der Waals surface area contributed by atoms with Crippen molar-refractivity contribution in [3.8, 4) is 11.1 Å². The highest BCUT2D eigenvalue weighted by atomic mass is 79.9. The molecule has 2 aromatic rings. The summed E-state index contributed by atoms with van der Waals surface area (Å²) in [6, 6.07) is 15.1. The average Bonchev–Trinajstić information content (AvgIpc) is 2.40. The molecular weight excluding hydrogens is 295 g/mol. The van der Waals surface area contributed by atoms with Crippen LogP contribution in [0.3, 0.4) is 0 Å². The fraction of sp³-hybridized carbons (Fsp3) is 0.200. The molecule has 0 radical (unpaired) electrons. The molecule has 0 fully saturated rings. The second kappa shape index (κ2) is 5.21.